The molecule has 1 aliphatic heterocycles. The van der Waals surface area contributed by atoms with E-state index in [0.29, 0.717) is 36.6 Å². The van der Waals surface area contributed by atoms with E-state index in [0.717, 1.165) is 21.5 Å². The SMILES string of the molecule is Cc1ccccc1N(C(=O)C1CCN(C(=O)c2ccc(F)cc2)CC1)c1nc2ccccc2s1. The molecule has 2 heterocycles. The number of para-hydroxylation sites is 2. The van der Waals surface area contributed by atoms with Crippen molar-refractivity contribution in [3.8, 4) is 0 Å². The number of aryl methyl sites for hydroxylation is 1. The Kier molecular flexibility index (Phi) is 6.11. The van der Waals surface area contributed by atoms with Gasteiger partial charge in [0.1, 0.15) is 5.82 Å². The lowest BCUT2D eigenvalue weighted by Crippen LogP contribution is -2.43. The Balaban J connectivity index is 1.38. The molecule has 0 atom stereocenters. The van der Waals surface area contributed by atoms with E-state index >= 15 is 0 Å². The molecule has 0 spiro atoms. The van der Waals surface area contributed by atoms with Crippen LogP contribution in [0.4, 0.5) is 15.2 Å². The highest BCUT2D eigenvalue weighted by molar-refractivity contribution is 7.22. The van der Waals surface area contributed by atoms with E-state index in [1.807, 2.05) is 55.5 Å². The number of benzene rings is 3. The fraction of sp³-hybridized carbons (Fsp3) is 0.222. The summed E-state index contributed by atoms with van der Waals surface area (Å²) in [6.07, 6.45) is 1.14. The molecule has 1 aromatic heterocycles. The summed E-state index contributed by atoms with van der Waals surface area (Å²) in [6.45, 7) is 2.95. The molecule has 0 unspecified atom stereocenters. The summed E-state index contributed by atoms with van der Waals surface area (Å²) in [7, 11) is 0. The Morgan fingerprint density at radius 2 is 1.65 bits per heavy atom. The fourth-order valence-electron chi connectivity index (χ4n) is 4.37. The normalized spacial score (nSPS) is 14.4. The number of carbonyl (C=O) groups excluding carboxylic acids is 2. The predicted octanol–water partition coefficient (Wildman–Crippen LogP) is 5.96. The van der Waals surface area contributed by atoms with Crippen molar-refractivity contribution in [1.82, 2.24) is 9.88 Å². The van der Waals surface area contributed by atoms with Crippen LogP contribution >= 0.6 is 11.3 Å². The second-order valence-electron chi connectivity index (χ2n) is 8.50. The van der Waals surface area contributed by atoms with Crippen LogP contribution in [0.5, 0.6) is 0 Å². The molecule has 3 aromatic carbocycles. The number of fused-ring (bicyclic) bond motifs is 1. The van der Waals surface area contributed by atoms with Gasteiger partial charge in [0, 0.05) is 24.6 Å². The van der Waals surface area contributed by atoms with Crippen LogP contribution in [0.1, 0.15) is 28.8 Å². The first-order valence-corrected chi connectivity index (χ1v) is 12.1. The third-order valence-electron chi connectivity index (χ3n) is 6.27. The van der Waals surface area contributed by atoms with Crippen LogP contribution < -0.4 is 4.90 Å². The van der Waals surface area contributed by atoms with Gasteiger partial charge in [0.15, 0.2) is 5.13 Å². The molecule has 0 aliphatic carbocycles. The van der Waals surface area contributed by atoms with Gasteiger partial charge in [0.25, 0.3) is 5.91 Å². The number of nitrogens with zero attached hydrogens (tertiary/aromatic N) is 3. The molecular weight excluding hydrogens is 449 g/mol. The number of piperidine rings is 1. The van der Waals surface area contributed by atoms with Crippen molar-refractivity contribution in [2.45, 2.75) is 19.8 Å². The van der Waals surface area contributed by atoms with Gasteiger partial charge in [-0.2, -0.15) is 0 Å². The molecule has 0 bridgehead atoms. The van der Waals surface area contributed by atoms with Gasteiger partial charge in [-0.25, -0.2) is 9.37 Å². The van der Waals surface area contributed by atoms with E-state index in [-0.39, 0.29) is 23.5 Å². The lowest BCUT2D eigenvalue weighted by Gasteiger charge is -2.34. The average Bonchev–Trinajstić information content (AvgIpc) is 3.29. The molecular formula is C27H24FN3O2S. The van der Waals surface area contributed by atoms with Crippen molar-refractivity contribution >= 4 is 44.2 Å². The number of aromatic nitrogens is 1. The summed E-state index contributed by atoms with van der Waals surface area (Å²) in [4.78, 5) is 34.9. The highest BCUT2D eigenvalue weighted by Gasteiger charge is 2.33. The van der Waals surface area contributed by atoms with Crippen LogP contribution in [0.2, 0.25) is 0 Å². The minimum atomic E-state index is -0.369. The fourth-order valence-corrected chi connectivity index (χ4v) is 5.36. The number of amides is 2. The molecule has 0 radical (unpaired) electrons. The van der Waals surface area contributed by atoms with E-state index in [1.54, 1.807) is 9.80 Å². The Labute approximate surface area is 201 Å². The van der Waals surface area contributed by atoms with Crippen molar-refractivity contribution in [1.29, 1.82) is 0 Å². The Morgan fingerprint density at radius 1 is 0.971 bits per heavy atom. The van der Waals surface area contributed by atoms with Crippen molar-refractivity contribution in [3.63, 3.8) is 0 Å². The first kappa shape index (κ1) is 22.2. The lowest BCUT2D eigenvalue weighted by molar-refractivity contribution is -0.122. The second kappa shape index (κ2) is 9.35. The van der Waals surface area contributed by atoms with Crippen LogP contribution in [-0.4, -0.2) is 34.8 Å². The van der Waals surface area contributed by atoms with Gasteiger partial charge < -0.3 is 4.90 Å². The number of carbonyl (C=O) groups is 2. The third kappa shape index (κ3) is 4.31. The molecule has 34 heavy (non-hydrogen) atoms. The molecule has 7 heteroatoms. The summed E-state index contributed by atoms with van der Waals surface area (Å²) in [6, 6.07) is 21.3. The van der Waals surface area contributed by atoms with Gasteiger partial charge in [-0.15, -0.1) is 0 Å². The van der Waals surface area contributed by atoms with E-state index in [2.05, 4.69) is 0 Å². The van der Waals surface area contributed by atoms with Crippen LogP contribution in [0.15, 0.2) is 72.8 Å². The number of halogens is 1. The van der Waals surface area contributed by atoms with Gasteiger partial charge in [-0.3, -0.25) is 14.5 Å². The first-order chi connectivity index (χ1) is 16.5. The Morgan fingerprint density at radius 3 is 2.35 bits per heavy atom. The number of rotatable bonds is 4. The van der Waals surface area contributed by atoms with Crippen LogP contribution in [0, 0.1) is 18.7 Å². The topological polar surface area (TPSA) is 53.5 Å². The smallest absolute Gasteiger partial charge is 0.253 e. The van der Waals surface area contributed by atoms with Gasteiger partial charge in [-0.1, -0.05) is 41.7 Å². The van der Waals surface area contributed by atoms with Crippen molar-refractivity contribution in [3.05, 3.63) is 89.7 Å². The number of likely N-dealkylation sites (tertiary alicyclic amines) is 1. The molecule has 0 saturated carbocycles. The van der Waals surface area contributed by atoms with Crippen molar-refractivity contribution in [2.75, 3.05) is 18.0 Å². The summed E-state index contributed by atoms with van der Waals surface area (Å²) < 4.78 is 14.2. The third-order valence-corrected chi connectivity index (χ3v) is 7.29. The zero-order valence-corrected chi connectivity index (χ0v) is 19.6. The van der Waals surface area contributed by atoms with Crippen LogP contribution in [-0.2, 0) is 4.79 Å². The summed E-state index contributed by atoms with van der Waals surface area (Å²) in [5, 5.41) is 0.658. The summed E-state index contributed by atoms with van der Waals surface area (Å²) >= 11 is 1.50. The lowest BCUT2D eigenvalue weighted by atomic mass is 9.94. The number of anilines is 2. The van der Waals surface area contributed by atoms with Gasteiger partial charge >= 0.3 is 0 Å². The molecule has 172 valence electrons. The van der Waals surface area contributed by atoms with E-state index in [1.165, 1.54) is 35.6 Å². The van der Waals surface area contributed by atoms with Crippen LogP contribution in [0.3, 0.4) is 0 Å². The summed E-state index contributed by atoms with van der Waals surface area (Å²) in [5.74, 6) is -0.717. The number of hydrogen-bond acceptors (Lipinski definition) is 4. The predicted molar refractivity (Wildman–Crippen MR) is 133 cm³/mol. The molecule has 5 rings (SSSR count). The maximum Gasteiger partial charge on any atom is 0.253 e. The monoisotopic (exact) mass is 473 g/mol. The largest absolute Gasteiger partial charge is 0.339 e. The van der Waals surface area contributed by atoms with Crippen molar-refractivity contribution < 1.29 is 14.0 Å². The highest BCUT2D eigenvalue weighted by Crippen LogP contribution is 2.37. The standard InChI is InChI=1S/C27H24FN3O2S/c1-18-6-2-4-8-23(18)31(27-29-22-7-3-5-9-24(22)34-27)26(33)20-14-16-30(17-15-20)25(32)19-10-12-21(28)13-11-19/h2-13,20H,14-17H2,1H3. The second-order valence-corrected chi connectivity index (χ2v) is 9.51. The summed E-state index contributed by atoms with van der Waals surface area (Å²) in [5.41, 5.74) is 3.16. The zero-order valence-electron chi connectivity index (χ0n) is 18.8. The van der Waals surface area contributed by atoms with E-state index in [9.17, 15) is 14.0 Å². The molecule has 1 saturated heterocycles. The van der Waals surface area contributed by atoms with Crippen LogP contribution in [0.25, 0.3) is 10.2 Å². The first-order valence-electron chi connectivity index (χ1n) is 11.3. The molecule has 5 nitrogen and oxygen atoms in total. The van der Waals surface area contributed by atoms with Crippen molar-refractivity contribution in [2.24, 2.45) is 5.92 Å². The Hall–Kier alpha value is -3.58. The zero-order chi connectivity index (χ0) is 23.7. The minimum Gasteiger partial charge on any atom is -0.339 e. The van der Waals surface area contributed by atoms with Gasteiger partial charge in [-0.05, 0) is 67.8 Å². The van der Waals surface area contributed by atoms with Gasteiger partial charge in [0.2, 0.25) is 5.91 Å². The molecule has 2 amide bonds. The average molecular weight is 474 g/mol. The molecule has 0 N–H and O–H groups in total. The van der Waals surface area contributed by atoms with E-state index < -0.39 is 0 Å². The molecule has 1 fully saturated rings. The molecule has 4 aromatic rings. The Bertz CT molecular complexity index is 1310. The highest BCUT2D eigenvalue weighted by atomic mass is 32.1. The van der Waals surface area contributed by atoms with Gasteiger partial charge in [0.05, 0.1) is 15.9 Å². The number of hydrogen-bond donors (Lipinski definition) is 0. The number of thiazole rings is 1. The molecule has 1 aliphatic rings. The van der Waals surface area contributed by atoms with E-state index in [4.69, 9.17) is 4.98 Å². The maximum absolute atomic E-state index is 13.9. The quantitative estimate of drug-likeness (QED) is 0.367. The minimum absolute atomic E-state index is 0.00207. The maximum atomic E-state index is 13.9.